The number of hydrogen-bond acceptors (Lipinski definition) is 3. The molecule has 0 aromatic carbocycles. The Balaban J connectivity index is 2.13. The summed E-state index contributed by atoms with van der Waals surface area (Å²) >= 11 is 0. The van der Waals surface area contributed by atoms with Gasteiger partial charge < -0.3 is 4.74 Å². The molecule has 0 saturated heterocycles. The van der Waals surface area contributed by atoms with E-state index in [0.29, 0.717) is 5.78 Å². The molecule has 0 amide bonds. The number of rotatable bonds is 1. The Bertz CT molecular complexity index is 319. The molecule has 0 heterocycles. The summed E-state index contributed by atoms with van der Waals surface area (Å²) in [5.41, 5.74) is 0. The fourth-order valence-electron chi connectivity index (χ4n) is 2.76. The Morgan fingerprint density at radius 1 is 1.31 bits per heavy atom. The van der Waals surface area contributed by atoms with Crippen LogP contribution in [0.25, 0.3) is 0 Å². The molecule has 0 radical (unpaired) electrons. The van der Waals surface area contributed by atoms with Gasteiger partial charge in [-0.25, -0.2) is 0 Å². The number of fused-ring (bicyclic) bond motifs is 2. The van der Waals surface area contributed by atoms with Crippen LogP contribution in [0, 0.1) is 11.8 Å². The highest BCUT2D eigenvalue weighted by atomic mass is 16.5. The summed E-state index contributed by atoms with van der Waals surface area (Å²) in [6, 6.07) is 0. The number of carbonyl (C=O) groups is 2. The van der Waals surface area contributed by atoms with Crippen molar-refractivity contribution in [3.63, 3.8) is 0 Å². The van der Waals surface area contributed by atoms with Crippen LogP contribution in [0.1, 0.15) is 39.0 Å². The lowest BCUT2D eigenvalue weighted by atomic mass is 9.74. The predicted octanol–water partition coefficient (Wildman–Crippen LogP) is 2.25. The van der Waals surface area contributed by atoms with Crippen LogP contribution in [-0.4, -0.2) is 17.9 Å². The van der Waals surface area contributed by atoms with Crippen molar-refractivity contribution in [2.45, 2.75) is 45.1 Å². The molecular weight excluding hydrogens is 204 g/mol. The van der Waals surface area contributed by atoms with Crippen molar-refractivity contribution >= 4 is 11.8 Å². The van der Waals surface area contributed by atoms with Crippen LogP contribution in [-0.2, 0) is 14.3 Å². The van der Waals surface area contributed by atoms with Gasteiger partial charge in [-0.15, -0.1) is 0 Å². The van der Waals surface area contributed by atoms with Gasteiger partial charge in [-0.2, -0.15) is 0 Å². The molecule has 0 unspecified atom stereocenters. The SMILES string of the molecule is CC(=O)O[C@H]1CC[C@@H]2CC/C=C\C[C@H]1C2=O. The van der Waals surface area contributed by atoms with Crippen LogP contribution >= 0.6 is 0 Å². The third-order valence-electron chi connectivity index (χ3n) is 3.57. The minimum atomic E-state index is -0.276. The molecule has 3 nitrogen and oxygen atoms in total. The fourth-order valence-corrected chi connectivity index (χ4v) is 2.76. The summed E-state index contributed by atoms with van der Waals surface area (Å²) in [6.07, 6.45) is 8.41. The average Bonchev–Trinajstić information content (AvgIpc) is 2.22. The summed E-state index contributed by atoms with van der Waals surface area (Å²) in [4.78, 5) is 23.1. The molecule has 2 rings (SSSR count). The van der Waals surface area contributed by atoms with Crippen LogP contribution in [0.5, 0.6) is 0 Å². The van der Waals surface area contributed by atoms with E-state index in [-0.39, 0.29) is 23.9 Å². The Hall–Kier alpha value is -1.12. The second-order valence-electron chi connectivity index (χ2n) is 4.72. The van der Waals surface area contributed by atoms with Gasteiger partial charge in [-0.3, -0.25) is 9.59 Å². The number of esters is 1. The molecule has 0 aliphatic heterocycles. The molecule has 2 aliphatic carbocycles. The average molecular weight is 222 g/mol. The normalized spacial score (nSPS) is 36.1. The van der Waals surface area contributed by atoms with Crippen molar-refractivity contribution in [2.24, 2.45) is 11.8 Å². The van der Waals surface area contributed by atoms with Crippen LogP contribution < -0.4 is 0 Å². The van der Waals surface area contributed by atoms with Crippen LogP contribution in [0.4, 0.5) is 0 Å². The summed E-state index contributed by atoms with van der Waals surface area (Å²) < 4.78 is 5.25. The summed E-state index contributed by atoms with van der Waals surface area (Å²) in [6.45, 7) is 1.41. The minimum Gasteiger partial charge on any atom is -0.462 e. The summed E-state index contributed by atoms with van der Waals surface area (Å²) in [5.74, 6) is 0.130. The molecule has 2 bridgehead atoms. The second-order valence-corrected chi connectivity index (χ2v) is 4.72. The molecular formula is C13H18O3. The van der Waals surface area contributed by atoms with Crippen molar-refractivity contribution in [1.82, 2.24) is 0 Å². The first-order valence-corrected chi connectivity index (χ1v) is 6.04. The van der Waals surface area contributed by atoms with Crippen molar-refractivity contribution < 1.29 is 14.3 Å². The van der Waals surface area contributed by atoms with Crippen LogP contribution in [0.3, 0.4) is 0 Å². The standard InChI is InChI=1S/C13H18O3/c1-9(14)16-12-8-7-10-5-3-2-4-6-11(12)13(10)15/h2,4,10-12H,3,5-8H2,1H3/b4-2-/t10-,11+,12-/m0/s1. The first-order chi connectivity index (χ1) is 7.68. The highest BCUT2D eigenvalue weighted by Crippen LogP contribution is 2.34. The maximum Gasteiger partial charge on any atom is 0.302 e. The first-order valence-electron chi connectivity index (χ1n) is 6.04. The molecule has 88 valence electrons. The molecule has 0 N–H and O–H groups in total. The number of Topliss-reactive ketones (excluding diaryl/α,β-unsaturated/α-hetero) is 1. The van der Waals surface area contributed by atoms with E-state index in [1.807, 2.05) is 0 Å². The van der Waals surface area contributed by atoms with E-state index in [0.717, 1.165) is 32.1 Å². The Kier molecular flexibility index (Phi) is 3.42. The summed E-state index contributed by atoms with van der Waals surface area (Å²) in [7, 11) is 0. The van der Waals surface area contributed by atoms with E-state index < -0.39 is 0 Å². The quantitative estimate of drug-likeness (QED) is 0.505. The third kappa shape index (κ3) is 2.34. The molecule has 16 heavy (non-hydrogen) atoms. The Morgan fingerprint density at radius 3 is 2.88 bits per heavy atom. The first kappa shape index (κ1) is 11.4. The van der Waals surface area contributed by atoms with E-state index in [2.05, 4.69) is 12.2 Å². The maximum absolute atomic E-state index is 12.1. The Morgan fingerprint density at radius 2 is 2.12 bits per heavy atom. The van der Waals surface area contributed by atoms with Gasteiger partial charge in [0.05, 0.1) is 5.92 Å². The molecule has 1 saturated carbocycles. The fraction of sp³-hybridized carbons (Fsp3) is 0.692. The van der Waals surface area contributed by atoms with Gasteiger partial charge in [0.1, 0.15) is 11.9 Å². The zero-order valence-electron chi connectivity index (χ0n) is 9.65. The van der Waals surface area contributed by atoms with Crippen LogP contribution in [0.2, 0.25) is 0 Å². The highest BCUT2D eigenvalue weighted by molar-refractivity contribution is 5.85. The minimum absolute atomic E-state index is 0.0980. The van der Waals surface area contributed by atoms with Gasteiger partial charge in [0.2, 0.25) is 0 Å². The van der Waals surface area contributed by atoms with E-state index >= 15 is 0 Å². The third-order valence-corrected chi connectivity index (χ3v) is 3.57. The molecule has 3 heteroatoms. The number of hydrogen-bond donors (Lipinski definition) is 0. The lowest BCUT2D eigenvalue weighted by Gasteiger charge is -2.34. The van der Waals surface area contributed by atoms with Gasteiger partial charge >= 0.3 is 5.97 Å². The lowest BCUT2D eigenvalue weighted by molar-refractivity contribution is -0.155. The van der Waals surface area contributed by atoms with E-state index in [1.165, 1.54) is 6.92 Å². The van der Waals surface area contributed by atoms with Crippen LogP contribution in [0.15, 0.2) is 12.2 Å². The highest BCUT2D eigenvalue weighted by Gasteiger charge is 2.39. The Labute approximate surface area is 95.9 Å². The zero-order chi connectivity index (χ0) is 11.5. The number of ether oxygens (including phenoxy) is 1. The van der Waals surface area contributed by atoms with Crippen molar-refractivity contribution in [3.8, 4) is 0 Å². The van der Waals surface area contributed by atoms with Crippen molar-refractivity contribution in [1.29, 1.82) is 0 Å². The van der Waals surface area contributed by atoms with E-state index in [4.69, 9.17) is 4.74 Å². The van der Waals surface area contributed by atoms with E-state index in [1.54, 1.807) is 0 Å². The van der Waals surface area contributed by atoms with Crippen molar-refractivity contribution in [3.05, 3.63) is 12.2 Å². The molecule has 2 aliphatic rings. The molecule has 1 fully saturated rings. The number of allylic oxidation sites excluding steroid dienone is 2. The van der Waals surface area contributed by atoms with Crippen molar-refractivity contribution in [2.75, 3.05) is 0 Å². The molecule has 3 atom stereocenters. The lowest BCUT2D eigenvalue weighted by Crippen LogP contribution is -2.40. The number of ketones is 1. The topological polar surface area (TPSA) is 43.4 Å². The molecule has 0 spiro atoms. The molecule has 0 aromatic heterocycles. The molecule has 0 aromatic rings. The van der Waals surface area contributed by atoms with Gasteiger partial charge in [-0.1, -0.05) is 12.2 Å². The van der Waals surface area contributed by atoms with Gasteiger partial charge in [0, 0.05) is 12.8 Å². The monoisotopic (exact) mass is 222 g/mol. The van der Waals surface area contributed by atoms with Gasteiger partial charge in [0.25, 0.3) is 0 Å². The van der Waals surface area contributed by atoms with Gasteiger partial charge in [-0.05, 0) is 32.1 Å². The second kappa shape index (κ2) is 4.81. The smallest absolute Gasteiger partial charge is 0.302 e. The predicted molar refractivity (Wildman–Crippen MR) is 59.8 cm³/mol. The van der Waals surface area contributed by atoms with Gasteiger partial charge in [0.15, 0.2) is 0 Å². The maximum atomic E-state index is 12.1. The largest absolute Gasteiger partial charge is 0.462 e. The number of carbonyl (C=O) groups excluding carboxylic acids is 2. The van der Waals surface area contributed by atoms with E-state index in [9.17, 15) is 9.59 Å². The zero-order valence-corrected chi connectivity index (χ0v) is 9.65. The summed E-state index contributed by atoms with van der Waals surface area (Å²) in [5, 5.41) is 0.